The number of hydrogen-bond donors (Lipinski definition) is 0. The van der Waals surface area contributed by atoms with Crippen LogP contribution in [0.15, 0.2) is 16.8 Å². The molecule has 0 aliphatic carbocycles. The molecule has 112 valence electrons. The molecule has 7 nitrogen and oxygen atoms in total. The number of aromatic nitrogens is 3. The van der Waals surface area contributed by atoms with Crippen LogP contribution in [-0.4, -0.2) is 39.2 Å². The molecule has 0 bridgehead atoms. The van der Waals surface area contributed by atoms with Gasteiger partial charge in [-0.25, -0.2) is 4.98 Å². The summed E-state index contributed by atoms with van der Waals surface area (Å²) in [6, 6.07) is 1.55. The number of carbonyl (C=O) groups excluding carboxylic acids is 1. The van der Waals surface area contributed by atoms with Gasteiger partial charge in [-0.05, 0) is 13.8 Å². The van der Waals surface area contributed by atoms with Crippen molar-refractivity contribution in [3.8, 4) is 0 Å². The van der Waals surface area contributed by atoms with Crippen LogP contribution >= 0.6 is 0 Å². The Kier molecular flexibility index (Phi) is 3.50. The van der Waals surface area contributed by atoms with Crippen LogP contribution in [0, 0.1) is 6.92 Å². The Morgan fingerprint density at radius 3 is 3.00 bits per heavy atom. The predicted octanol–water partition coefficient (Wildman–Crippen LogP) is 1.54. The standard InChI is InChI=1S/C14H18N4O3/c1-9-6-12(21-16-9)14(19)17-4-5-18-11(8-20-3)7-15-13(18)10(17)2/h6-7,10H,4-5,8H2,1-3H3/t10-/m1/s1. The monoisotopic (exact) mass is 290 g/mol. The van der Waals surface area contributed by atoms with Crippen LogP contribution in [0.5, 0.6) is 0 Å². The minimum atomic E-state index is -0.148. The van der Waals surface area contributed by atoms with Crippen molar-refractivity contribution >= 4 is 5.91 Å². The number of aryl methyl sites for hydroxylation is 1. The van der Waals surface area contributed by atoms with E-state index in [2.05, 4.69) is 14.7 Å². The molecule has 3 rings (SSSR count). The molecular formula is C14H18N4O3. The first-order valence-corrected chi connectivity index (χ1v) is 6.89. The fourth-order valence-corrected chi connectivity index (χ4v) is 2.71. The van der Waals surface area contributed by atoms with Gasteiger partial charge in [-0.15, -0.1) is 0 Å². The van der Waals surface area contributed by atoms with E-state index in [9.17, 15) is 4.79 Å². The second kappa shape index (κ2) is 5.33. The molecule has 0 N–H and O–H groups in total. The summed E-state index contributed by atoms with van der Waals surface area (Å²) >= 11 is 0. The molecule has 0 aromatic carbocycles. The number of hydrogen-bond acceptors (Lipinski definition) is 5. The van der Waals surface area contributed by atoms with Crippen LogP contribution in [-0.2, 0) is 17.9 Å². The molecule has 0 saturated heterocycles. The zero-order valence-corrected chi connectivity index (χ0v) is 12.4. The summed E-state index contributed by atoms with van der Waals surface area (Å²) in [5.41, 5.74) is 1.73. The first kappa shape index (κ1) is 13.8. The molecule has 0 unspecified atom stereocenters. The van der Waals surface area contributed by atoms with Gasteiger partial charge in [-0.2, -0.15) is 0 Å². The smallest absolute Gasteiger partial charge is 0.293 e. The number of fused-ring (bicyclic) bond motifs is 1. The normalized spacial score (nSPS) is 17.9. The topological polar surface area (TPSA) is 73.4 Å². The summed E-state index contributed by atoms with van der Waals surface area (Å²) in [4.78, 5) is 18.7. The Morgan fingerprint density at radius 2 is 2.33 bits per heavy atom. The zero-order valence-electron chi connectivity index (χ0n) is 12.4. The van der Waals surface area contributed by atoms with Crippen LogP contribution in [0.25, 0.3) is 0 Å². The number of imidazole rings is 1. The second-order valence-electron chi connectivity index (χ2n) is 5.20. The lowest BCUT2D eigenvalue weighted by Gasteiger charge is -2.33. The highest BCUT2D eigenvalue weighted by Gasteiger charge is 2.32. The van der Waals surface area contributed by atoms with E-state index < -0.39 is 0 Å². The largest absolute Gasteiger partial charge is 0.378 e. The number of rotatable bonds is 3. The molecule has 21 heavy (non-hydrogen) atoms. The SMILES string of the molecule is COCc1cnc2n1CCN(C(=O)c1cc(C)no1)[C@@H]2C. The molecular weight excluding hydrogens is 272 g/mol. The number of methoxy groups -OCH3 is 1. The third-order valence-electron chi connectivity index (χ3n) is 3.77. The van der Waals surface area contributed by atoms with Gasteiger partial charge in [0.2, 0.25) is 5.76 Å². The van der Waals surface area contributed by atoms with Crippen LogP contribution < -0.4 is 0 Å². The highest BCUT2D eigenvalue weighted by atomic mass is 16.5. The van der Waals surface area contributed by atoms with E-state index in [1.807, 2.05) is 13.1 Å². The van der Waals surface area contributed by atoms with Gasteiger partial charge in [0, 0.05) is 26.3 Å². The molecule has 2 aromatic heterocycles. The van der Waals surface area contributed by atoms with Crippen molar-refractivity contribution in [2.75, 3.05) is 13.7 Å². The predicted molar refractivity (Wildman–Crippen MR) is 73.6 cm³/mol. The van der Waals surface area contributed by atoms with E-state index in [1.165, 1.54) is 0 Å². The van der Waals surface area contributed by atoms with E-state index in [-0.39, 0.29) is 17.7 Å². The number of nitrogens with zero attached hydrogens (tertiary/aromatic N) is 4. The maximum absolute atomic E-state index is 12.5. The van der Waals surface area contributed by atoms with Gasteiger partial charge in [-0.3, -0.25) is 4.79 Å². The van der Waals surface area contributed by atoms with Crippen LogP contribution in [0.2, 0.25) is 0 Å². The third kappa shape index (κ3) is 2.33. The summed E-state index contributed by atoms with van der Waals surface area (Å²) in [6.07, 6.45) is 1.81. The van der Waals surface area contributed by atoms with Crippen molar-refractivity contribution in [2.45, 2.75) is 33.0 Å². The van der Waals surface area contributed by atoms with Gasteiger partial charge in [0.15, 0.2) is 0 Å². The molecule has 0 saturated carbocycles. The minimum absolute atomic E-state index is 0.109. The first-order chi connectivity index (χ1) is 10.1. The lowest BCUT2D eigenvalue weighted by molar-refractivity contribution is 0.0590. The van der Waals surface area contributed by atoms with Crippen molar-refractivity contribution in [2.24, 2.45) is 0 Å². The molecule has 1 aliphatic heterocycles. The Bertz CT molecular complexity index is 661. The van der Waals surface area contributed by atoms with Crippen molar-refractivity contribution < 1.29 is 14.1 Å². The molecule has 3 heterocycles. The lowest BCUT2D eigenvalue weighted by Crippen LogP contribution is -2.41. The molecule has 0 radical (unpaired) electrons. The summed E-state index contributed by atoms with van der Waals surface area (Å²) in [5, 5.41) is 3.77. The molecule has 1 aliphatic rings. The first-order valence-electron chi connectivity index (χ1n) is 6.89. The molecule has 0 fully saturated rings. The van der Waals surface area contributed by atoms with Crippen LogP contribution in [0.4, 0.5) is 0 Å². The van der Waals surface area contributed by atoms with Gasteiger partial charge >= 0.3 is 0 Å². The van der Waals surface area contributed by atoms with Gasteiger partial charge in [-0.1, -0.05) is 5.16 Å². The third-order valence-corrected chi connectivity index (χ3v) is 3.77. The van der Waals surface area contributed by atoms with Crippen molar-refractivity contribution in [3.63, 3.8) is 0 Å². The molecule has 7 heteroatoms. The fraction of sp³-hybridized carbons (Fsp3) is 0.500. The Labute approximate surface area is 122 Å². The highest BCUT2D eigenvalue weighted by molar-refractivity contribution is 5.91. The Hall–Kier alpha value is -2.15. The van der Waals surface area contributed by atoms with Crippen molar-refractivity contribution in [1.29, 1.82) is 0 Å². The maximum Gasteiger partial charge on any atom is 0.293 e. The van der Waals surface area contributed by atoms with Crippen LogP contribution in [0.3, 0.4) is 0 Å². The van der Waals surface area contributed by atoms with Crippen LogP contribution in [0.1, 0.15) is 40.7 Å². The van der Waals surface area contributed by atoms with E-state index in [0.29, 0.717) is 25.4 Å². The molecule has 1 atom stereocenters. The number of ether oxygens (including phenoxy) is 1. The Balaban J connectivity index is 1.85. The average Bonchev–Trinajstić information content (AvgIpc) is 3.07. The Morgan fingerprint density at radius 1 is 1.52 bits per heavy atom. The van der Waals surface area contributed by atoms with E-state index in [1.54, 1.807) is 25.0 Å². The van der Waals surface area contributed by atoms with Gasteiger partial charge in [0.25, 0.3) is 5.91 Å². The summed E-state index contributed by atoms with van der Waals surface area (Å²) in [6.45, 7) is 5.60. The van der Waals surface area contributed by atoms with E-state index in [4.69, 9.17) is 9.26 Å². The maximum atomic E-state index is 12.5. The van der Waals surface area contributed by atoms with Crippen molar-refractivity contribution in [1.82, 2.24) is 19.6 Å². The lowest BCUT2D eigenvalue weighted by atomic mass is 10.2. The van der Waals surface area contributed by atoms with Crippen molar-refractivity contribution in [3.05, 3.63) is 35.2 Å². The van der Waals surface area contributed by atoms with Gasteiger partial charge in [0.1, 0.15) is 5.82 Å². The van der Waals surface area contributed by atoms with Gasteiger partial charge in [0.05, 0.1) is 30.2 Å². The molecule has 1 amide bonds. The second-order valence-corrected chi connectivity index (χ2v) is 5.20. The summed E-state index contributed by atoms with van der Waals surface area (Å²) in [5.74, 6) is 1.000. The fourth-order valence-electron chi connectivity index (χ4n) is 2.71. The molecule has 2 aromatic rings. The highest BCUT2D eigenvalue weighted by Crippen LogP contribution is 2.27. The minimum Gasteiger partial charge on any atom is -0.378 e. The number of amides is 1. The van der Waals surface area contributed by atoms with E-state index in [0.717, 1.165) is 11.5 Å². The summed E-state index contributed by atoms with van der Waals surface area (Å²) in [7, 11) is 1.66. The molecule has 0 spiro atoms. The zero-order chi connectivity index (χ0) is 15.0. The van der Waals surface area contributed by atoms with Gasteiger partial charge < -0.3 is 18.7 Å². The number of carbonyl (C=O) groups is 1. The average molecular weight is 290 g/mol. The summed E-state index contributed by atoms with van der Waals surface area (Å²) < 4.78 is 12.4. The van der Waals surface area contributed by atoms with E-state index >= 15 is 0 Å². The quantitative estimate of drug-likeness (QED) is 0.857.